The Morgan fingerprint density at radius 2 is 2.07 bits per heavy atom. The van der Waals surface area contributed by atoms with Crippen LogP contribution in [0.15, 0.2) is 33.9 Å². The Labute approximate surface area is 189 Å². The summed E-state index contributed by atoms with van der Waals surface area (Å²) in [5.41, 5.74) is 1.85. The van der Waals surface area contributed by atoms with Crippen LogP contribution < -0.4 is 16.0 Å². The summed E-state index contributed by atoms with van der Waals surface area (Å²) in [5.74, 6) is 0.650. The fraction of sp³-hybridized carbons (Fsp3) is 0.389. The molecule has 0 atom stereocenters. The van der Waals surface area contributed by atoms with Crippen molar-refractivity contribution in [2.24, 2.45) is 4.99 Å². The lowest BCUT2D eigenvalue weighted by molar-refractivity contribution is -0.116. The van der Waals surface area contributed by atoms with Crippen LogP contribution in [0.3, 0.4) is 0 Å². The first-order valence-corrected chi connectivity index (χ1v) is 10.1. The van der Waals surface area contributed by atoms with Gasteiger partial charge in [0.2, 0.25) is 5.91 Å². The van der Waals surface area contributed by atoms with Crippen LogP contribution in [0.5, 0.6) is 0 Å². The van der Waals surface area contributed by atoms with E-state index in [1.165, 1.54) is 4.88 Å². The first kappa shape index (κ1) is 23.8. The normalized spacial score (nSPS) is 10.9. The summed E-state index contributed by atoms with van der Waals surface area (Å²) in [6.45, 7) is 7.79. The molecule has 0 spiro atoms. The maximum Gasteiger partial charge on any atom is 0.226 e. The van der Waals surface area contributed by atoms with Crippen molar-refractivity contribution in [3.8, 4) is 0 Å². The number of aromatic nitrogens is 1. The van der Waals surface area contributed by atoms with Crippen molar-refractivity contribution in [3.63, 3.8) is 0 Å². The second-order valence-electron chi connectivity index (χ2n) is 5.74. The average Bonchev–Trinajstić information content (AvgIpc) is 3.01. The third-order valence-electron chi connectivity index (χ3n) is 3.50. The molecule has 1 aromatic heterocycles. The molecule has 0 fully saturated rings. The predicted octanol–water partition coefficient (Wildman–Crippen LogP) is 4.22. The molecule has 9 heteroatoms. The average molecular weight is 566 g/mol. The number of nitrogens with zero attached hydrogens (tertiary/aromatic N) is 2. The summed E-state index contributed by atoms with van der Waals surface area (Å²) in [6, 6.07) is 5.83. The highest BCUT2D eigenvalue weighted by Crippen LogP contribution is 2.20. The van der Waals surface area contributed by atoms with E-state index in [1.54, 1.807) is 11.3 Å². The van der Waals surface area contributed by atoms with Gasteiger partial charge in [0.1, 0.15) is 5.01 Å². The van der Waals surface area contributed by atoms with Gasteiger partial charge in [0.25, 0.3) is 0 Å². The highest BCUT2D eigenvalue weighted by atomic mass is 127. The molecule has 0 saturated heterocycles. The van der Waals surface area contributed by atoms with Gasteiger partial charge in [-0.3, -0.25) is 4.79 Å². The molecule has 3 N–H and O–H groups in total. The monoisotopic (exact) mass is 565 g/mol. The van der Waals surface area contributed by atoms with Crippen LogP contribution in [0.4, 0.5) is 5.69 Å². The van der Waals surface area contributed by atoms with Gasteiger partial charge < -0.3 is 16.0 Å². The molecule has 6 nitrogen and oxygen atoms in total. The smallest absolute Gasteiger partial charge is 0.226 e. The first-order chi connectivity index (χ1) is 12.5. The van der Waals surface area contributed by atoms with E-state index in [4.69, 9.17) is 0 Å². The quantitative estimate of drug-likeness (QED) is 0.267. The van der Waals surface area contributed by atoms with Gasteiger partial charge in [-0.1, -0.05) is 22.0 Å². The Bertz CT molecular complexity index is 781. The van der Waals surface area contributed by atoms with Crippen molar-refractivity contribution in [1.29, 1.82) is 0 Å². The molecule has 27 heavy (non-hydrogen) atoms. The largest absolute Gasteiger partial charge is 0.357 e. The highest BCUT2D eigenvalue weighted by Gasteiger charge is 2.06. The number of hydrogen-bond donors (Lipinski definition) is 3. The van der Waals surface area contributed by atoms with Crippen molar-refractivity contribution in [3.05, 3.63) is 44.3 Å². The molecule has 148 valence electrons. The summed E-state index contributed by atoms with van der Waals surface area (Å²) >= 11 is 5.06. The zero-order chi connectivity index (χ0) is 18.9. The number of halogens is 2. The lowest BCUT2D eigenvalue weighted by Crippen LogP contribution is -2.38. The summed E-state index contributed by atoms with van der Waals surface area (Å²) in [6.07, 6.45) is 2.21. The third kappa shape index (κ3) is 8.56. The Morgan fingerprint density at radius 3 is 2.74 bits per heavy atom. The standard InChI is InChI=1S/C18H24BrN5OS.HI/c1-4-20-18(23-11-17-22-10-13(3)26-17)21-8-7-16(25)24-15-9-14(19)6-5-12(15)2;/h5-6,9-10H,4,7-8,11H2,1-3H3,(H,24,25)(H2,20,21,23);1H. The summed E-state index contributed by atoms with van der Waals surface area (Å²) in [5, 5.41) is 10.3. The minimum atomic E-state index is -0.0369. The van der Waals surface area contributed by atoms with Gasteiger partial charge in [0.05, 0.1) is 6.54 Å². The number of rotatable bonds is 7. The lowest BCUT2D eigenvalue weighted by atomic mass is 10.2. The molecular formula is C18H25BrIN5OS. The molecule has 1 aromatic carbocycles. The number of amides is 1. The second kappa shape index (κ2) is 12.3. The van der Waals surface area contributed by atoms with Gasteiger partial charge in [-0.25, -0.2) is 9.98 Å². The fourth-order valence-electron chi connectivity index (χ4n) is 2.20. The molecular weight excluding hydrogens is 541 g/mol. The number of aliphatic imine (C=N–C) groups is 1. The van der Waals surface area contributed by atoms with Gasteiger partial charge in [-0.05, 0) is 38.5 Å². The van der Waals surface area contributed by atoms with Crippen molar-refractivity contribution in [1.82, 2.24) is 15.6 Å². The molecule has 0 unspecified atom stereocenters. The molecule has 0 radical (unpaired) electrons. The third-order valence-corrected chi connectivity index (χ3v) is 4.89. The maximum atomic E-state index is 12.2. The van der Waals surface area contributed by atoms with E-state index in [0.29, 0.717) is 25.5 Å². The zero-order valence-electron chi connectivity index (χ0n) is 15.6. The number of aryl methyl sites for hydroxylation is 2. The van der Waals surface area contributed by atoms with Gasteiger partial charge in [0.15, 0.2) is 5.96 Å². The van der Waals surface area contributed by atoms with Gasteiger partial charge >= 0.3 is 0 Å². The topological polar surface area (TPSA) is 78.4 Å². The van der Waals surface area contributed by atoms with Crippen molar-refractivity contribution in [2.75, 3.05) is 18.4 Å². The number of carbonyl (C=O) groups excluding carboxylic acids is 1. The molecule has 1 amide bonds. The van der Waals surface area contributed by atoms with Crippen molar-refractivity contribution in [2.45, 2.75) is 33.7 Å². The highest BCUT2D eigenvalue weighted by molar-refractivity contribution is 14.0. The number of guanidine groups is 1. The van der Waals surface area contributed by atoms with Crippen molar-refractivity contribution >= 4 is 68.8 Å². The second-order valence-corrected chi connectivity index (χ2v) is 7.98. The zero-order valence-corrected chi connectivity index (χ0v) is 20.4. The van der Waals surface area contributed by atoms with Crippen LogP contribution >= 0.6 is 51.2 Å². The Hall–Kier alpha value is -1.20. The summed E-state index contributed by atoms with van der Waals surface area (Å²) < 4.78 is 0.940. The summed E-state index contributed by atoms with van der Waals surface area (Å²) in [7, 11) is 0. The van der Waals surface area contributed by atoms with E-state index in [9.17, 15) is 4.79 Å². The molecule has 2 aromatic rings. The Morgan fingerprint density at radius 1 is 1.30 bits per heavy atom. The van der Waals surface area contributed by atoms with E-state index in [0.717, 1.165) is 27.3 Å². The number of thiazole rings is 1. The number of hydrogen-bond acceptors (Lipinski definition) is 4. The van der Waals surface area contributed by atoms with E-state index < -0.39 is 0 Å². The molecule has 0 aliphatic heterocycles. The van der Waals surface area contributed by atoms with Crippen LogP contribution in [0.25, 0.3) is 0 Å². The summed E-state index contributed by atoms with van der Waals surface area (Å²) in [4.78, 5) is 22.2. The van der Waals surface area contributed by atoms with Crippen molar-refractivity contribution < 1.29 is 4.79 Å². The van der Waals surface area contributed by atoms with Crippen LogP contribution in [-0.4, -0.2) is 29.9 Å². The van der Waals surface area contributed by atoms with Crippen LogP contribution in [-0.2, 0) is 11.3 Å². The van der Waals surface area contributed by atoms with E-state index in [2.05, 4.69) is 41.9 Å². The van der Waals surface area contributed by atoms with E-state index >= 15 is 0 Å². The SMILES string of the molecule is CCNC(=NCc1ncc(C)s1)NCCC(=O)Nc1cc(Br)ccc1C.I. The molecule has 1 heterocycles. The fourth-order valence-corrected chi connectivity index (χ4v) is 3.27. The Kier molecular flexibility index (Phi) is 10.9. The van der Waals surface area contributed by atoms with E-state index in [-0.39, 0.29) is 29.9 Å². The van der Waals surface area contributed by atoms with Crippen LogP contribution in [0.2, 0.25) is 0 Å². The molecule has 0 bridgehead atoms. The van der Waals surface area contributed by atoms with E-state index in [1.807, 2.05) is 45.2 Å². The van der Waals surface area contributed by atoms with Crippen LogP contribution in [0, 0.1) is 13.8 Å². The number of anilines is 1. The Balaban J connectivity index is 0.00000364. The molecule has 0 aliphatic carbocycles. The predicted molar refractivity (Wildman–Crippen MR) is 127 cm³/mol. The minimum absolute atomic E-state index is 0. The maximum absolute atomic E-state index is 12.2. The minimum Gasteiger partial charge on any atom is -0.357 e. The number of nitrogens with one attached hydrogen (secondary N) is 3. The molecule has 0 saturated carbocycles. The van der Waals surface area contributed by atoms with Gasteiger partial charge in [-0.15, -0.1) is 35.3 Å². The molecule has 0 aliphatic rings. The van der Waals surface area contributed by atoms with Gasteiger partial charge in [-0.2, -0.15) is 0 Å². The number of benzene rings is 1. The van der Waals surface area contributed by atoms with Crippen LogP contribution in [0.1, 0.15) is 28.8 Å². The first-order valence-electron chi connectivity index (χ1n) is 8.47. The number of carbonyl (C=O) groups is 1. The molecule has 2 rings (SSSR count). The lowest BCUT2D eigenvalue weighted by Gasteiger charge is -2.12. The van der Waals surface area contributed by atoms with Gasteiger partial charge in [0, 0.05) is 40.7 Å².